The number of fused-ring (bicyclic) bond motifs is 1. The highest BCUT2D eigenvalue weighted by Crippen LogP contribution is 2.61. The highest BCUT2D eigenvalue weighted by atomic mass is 16.9. The lowest BCUT2D eigenvalue weighted by Gasteiger charge is -2.27. The van der Waals surface area contributed by atoms with Crippen LogP contribution in [0.3, 0.4) is 0 Å². The molecular formula is C19H25NO3. The lowest BCUT2D eigenvalue weighted by molar-refractivity contribution is -0.159. The van der Waals surface area contributed by atoms with Gasteiger partial charge in [-0.05, 0) is 32.6 Å². The number of allylic oxidation sites excluding steroid dienone is 1. The van der Waals surface area contributed by atoms with Gasteiger partial charge in [0.2, 0.25) is 0 Å². The minimum Gasteiger partial charge on any atom is -0.465 e. The molecule has 3 atom stereocenters. The predicted molar refractivity (Wildman–Crippen MR) is 88.3 cm³/mol. The minimum atomic E-state index is -0.632. The summed E-state index contributed by atoms with van der Waals surface area (Å²) in [7, 11) is 0. The van der Waals surface area contributed by atoms with Crippen LogP contribution in [0.2, 0.25) is 0 Å². The lowest BCUT2D eigenvalue weighted by atomic mass is 9.90. The molecule has 0 aliphatic carbocycles. The van der Waals surface area contributed by atoms with Gasteiger partial charge in [0.05, 0.1) is 6.61 Å². The van der Waals surface area contributed by atoms with Crippen LogP contribution in [0, 0.1) is 0 Å². The number of benzene rings is 1. The topological polar surface area (TPSA) is 41.8 Å². The number of hydroxylamine groups is 2. The summed E-state index contributed by atoms with van der Waals surface area (Å²) in [5, 5.41) is 1.90. The van der Waals surface area contributed by atoms with Crippen molar-refractivity contribution in [1.82, 2.24) is 5.06 Å². The van der Waals surface area contributed by atoms with Crippen LogP contribution in [0.5, 0.6) is 0 Å². The van der Waals surface area contributed by atoms with Gasteiger partial charge < -0.3 is 4.74 Å². The fourth-order valence-electron chi connectivity index (χ4n) is 3.69. The molecule has 0 N–H and O–H groups in total. The number of rotatable bonds is 8. The first-order valence-corrected chi connectivity index (χ1v) is 8.53. The van der Waals surface area contributed by atoms with Crippen molar-refractivity contribution in [2.45, 2.75) is 56.7 Å². The molecule has 2 aliphatic rings. The van der Waals surface area contributed by atoms with Crippen molar-refractivity contribution in [1.29, 1.82) is 0 Å². The molecule has 2 saturated heterocycles. The summed E-state index contributed by atoms with van der Waals surface area (Å²) in [6, 6.07) is 10.2. The smallest absolute Gasteiger partial charge is 0.329 e. The second-order valence-corrected chi connectivity index (χ2v) is 6.32. The van der Waals surface area contributed by atoms with E-state index in [-0.39, 0.29) is 5.97 Å². The van der Waals surface area contributed by atoms with Gasteiger partial charge in [0.25, 0.3) is 0 Å². The molecule has 0 aromatic heterocycles. The molecule has 4 heteroatoms. The number of carbonyl (C=O) groups excluding carboxylic acids is 1. The van der Waals surface area contributed by atoms with Gasteiger partial charge in [0.1, 0.15) is 5.54 Å². The molecule has 0 saturated carbocycles. The normalized spacial score (nSPS) is 31.4. The van der Waals surface area contributed by atoms with Crippen LogP contribution in [-0.4, -0.2) is 23.2 Å². The molecule has 4 nitrogen and oxygen atoms in total. The fourth-order valence-corrected chi connectivity index (χ4v) is 3.69. The molecule has 1 unspecified atom stereocenters. The summed E-state index contributed by atoms with van der Waals surface area (Å²) >= 11 is 0. The van der Waals surface area contributed by atoms with Crippen LogP contribution in [0.15, 0.2) is 43.0 Å². The standard InChI is InChI=1S/C19H25NO3/c1-3-5-6-10-13-18(17(21)22-4-2)14-15-19(20(18)23-19)16-11-8-7-9-12-16/h3,7-9,11-12H,1,4-6,10,13-15H2,2H3/t18-,19-,20?/m0/s1. The summed E-state index contributed by atoms with van der Waals surface area (Å²) in [6.07, 6.45) is 7.30. The Labute approximate surface area is 138 Å². The van der Waals surface area contributed by atoms with E-state index in [9.17, 15) is 4.79 Å². The van der Waals surface area contributed by atoms with E-state index < -0.39 is 11.3 Å². The van der Waals surface area contributed by atoms with Crippen LogP contribution >= 0.6 is 0 Å². The molecular weight excluding hydrogens is 290 g/mol. The first kappa shape index (κ1) is 16.2. The molecule has 2 heterocycles. The Hall–Kier alpha value is -1.65. The van der Waals surface area contributed by atoms with Crippen molar-refractivity contribution in [3.63, 3.8) is 0 Å². The van der Waals surface area contributed by atoms with Crippen molar-refractivity contribution in [2.24, 2.45) is 0 Å². The molecule has 1 aromatic carbocycles. The van der Waals surface area contributed by atoms with Crippen molar-refractivity contribution in [3.8, 4) is 0 Å². The molecule has 0 bridgehead atoms. The third kappa shape index (κ3) is 2.70. The number of hydrogen-bond donors (Lipinski definition) is 0. The van der Waals surface area contributed by atoms with E-state index in [0.717, 1.165) is 44.1 Å². The van der Waals surface area contributed by atoms with Gasteiger partial charge in [-0.1, -0.05) is 42.8 Å². The Morgan fingerprint density at radius 2 is 2.13 bits per heavy atom. The summed E-state index contributed by atoms with van der Waals surface area (Å²) in [6.45, 7) is 6.01. The second kappa shape index (κ2) is 6.46. The molecule has 2 aliphatic heterocycles. The molecule has 0 amide bonds. The molecule has 3 rings (SSSR count). The molecule has 1 aromatic rings. The summed E-state index contributed by atoms with van der Waals surface area (Å²) < 4.78 is 5.38. The Kier molecular flexibility index (Phi) is 4.55. The average Bonchev–Trinajstić information content (AvgIpc) is 3.24. The van der Waals surface area contributed by atoms with Crippen molar-refractivity contribution in [3.05, 3.63) is 48.6 Å². The van der Waals surface area contributed by atoms with Gasteiger partial charge in [-0.25, -0.2) is 4.79 Å². The Morgan fingerprint density at radius 3 is 2.78 bits per heavy atom. The monoisotopic (exact) mass is 315 g/mol. The summed E-state index contributed by atoms with van der Waals surface area (Å²) in [5.74, 6) is -0.145. The third-order valence-electron chi connectivity index (χ3n) is 4.93. The largest absolute Gasteiger partial charge is 0.465 e. The Balaban J connectivity index is 1.79. The van der Waals surface area contributed by atoms with E-state index in [1.165, 1.54) is 0 Å². The zero-order chi connectivity index (χ0) is 16.3. The zero-order valence-corrected chi connectivity index (χ0v) is 13.8. The van der Waals surface area contributed by atoms with E-state index in [2.05, 4.69) is 18.7 Å². The minimum absolute atomic E-state index is 0.145. The van der Waals surface area contributed by atoms with Gasteiger partial charge in [-0.2, -0.15) is 0 Å². The fraction of sp³-hybridized carbons (Fsp3) is 0.526. The van der Waals surface area contributed by atoms with Crippen LogP contribution in [-0.2, 0) is 20.1 Å². The van der Waals surface area contributed by atoms with E-state index in [1.807, 2.05) is 36.3 Å². The molecule has 0 radical (unpaired) electrons. The molecule has 2 fully saturated rings. The summed E-state index contributed by atoms with van der Waals surface area (Å²) in [5.41, 5.74) is 0.0664. The van der Waals surface area contributed by atoms with Crippen molar-refractivity contribution >= 4 is 5.97 Å². The zero-order valence-electron chi connectivity index (χ0n) is 13.8. The van der Waals surface area contributed by atoms with Gasteiger partial charge in [-0.3, -0.25) is 4.84 Å². The number of ether oxygens (including phenoxy) is 1. The SMILES string of the molecule is C=CCCCC[C@@]1(C(=O)OCC)CC[C@@]2(c3ccccc3)ON12. The van der Waals surface area contributed by atoms with Crippen LogP contribution in [0.4, 0.5) is 0 Å². The quantitative estimate of drug-likeness (QED) is 0.315. The van der Waals surface area contributed by atoms with Crippen molar-refractivity contribution in [2.75, 3.05) is 6.61 Å². The predicted octanol–water partition coefficient (Wildman–Crippen LogP) is 3.93. The van der Waals surface area contributed by atoms with Gasteiger partial charge in [0, 0.05) is 12.0 Å². The highest BCUT2D eigenvalue weighted by Gasteiger charge is 2.73. The molecule has 23 heavy (non-hydrogen) atoms. The Bertz CT molecular complexity index is 573. The number of unbranched alkanes of at least 4 members (excludes halogenated alkanes) is 2. The first-order valence-electron chi connectivity index (χ1n) is 8.53. The number of nitrogens with zero attached hydrogens (tertiary/aromatic N) is 1. The maximum Gasteiger partial charge on any atom is 0.329 e. The Morgan fingerprint density at radius 1 is 1.35 bits per heavy atom. The maximum absolute atomic E-state index is 12.7. The molecule has 124 valence electrons. The van der Waals surface area contributed by atoms with E-state index in [1.54, 1.807) is 0 Å². The number of carbonyl (C=O) groups is 1. The molecule has 0 spiro atoms. The van der Waals surface area contributed by atoms with E-state index in [0.29, 0.717) is 6.61 Å². The van der Waals surface area contributed by atoms with Crippen LogP contribution in [0.25, 0.3) is 0 Å². The summed E-state index contributed by atoms with van der Waals surface area (Å²) in [4.78, 5) is 18.7. The van der Waals surface area contributed by atoms with Crippen LogP contribution in [0.1, 0.15) is 51.0 Å². The average molecular weight is 315 g/mol. The number of hydrogen-bond acceptors (Lipinski definition) is 4. The van der Waals surface area contributed by atoms with Crippen LogP contribution < -0.4 is 0 Å². The van der Waals surface area contributed by atoms with E-state index in [4.69, 9.17) is 9.57 Å². The van der Waals surface area contributed by atoms with E-state index >= 15 is 0 Å². The second-order valence-electron chi connectivity index (χ2n) is 6.32. The lowest BCUT2D eigenvalue weighted by Crippen LogP contribution is -2.45. The number of esters is 1. The van der Waals surface area contributed by atoms with Gasteiger partial charge in [0.15, 0.2) is 5.72 Å². The van der Waals surface area contributed by atoms with Gasteiger partial charge in [-0.15, -0.1) is 11.6 Å². The maximum atomic E-state index is 12.7. The third-order valence-corrected chi connectivity index (χ3v) is 4.93. The van der Waals surface area contributed by atoms with Crippen molar-refractivity contribution < 1.29 is 14.4 Å². The first-order chi connectivity index (χ1) is 11.2. The highest BCUT2D eigenvalue weighted by molar-refractivity contribution is 5.82. The van der Waals surface area contributed by atoms with Gasteiger partial charge >= 0.3 is 5.97 Å².